The quantitative estimate of drug-likeness (QED) is 0.770. The van der Waals surface area contributed by atoms with E-state index in [1.54, 1.807) is 11.3 Å². The number of thiazole rings is 1. The molecule has 1 atom stereocenters. The summed E-state index contributed by atoms with van der Waals surface area (Å²) in [5.74, 6) is 0.829. The average molecular weight is 342 g/mol. The summed E-state index contributed by atoms with van der Waals surface area (Å²) in [4.78, 5) is 4.53. The highest BCUT2D eigenvalue weighted by Gasteiger charge is 2.10. The molecule has 2 rings (SSSR count). The van der Waals surface area contributed by atoms with Crippen LogP contribution in [0.3, 0.4) is 0 Å². The largest absolute Gasteiger partial charge is 0.486 e. The number of rotatable bonds is 6. The number of halogens is 1. The van der Waals surface area contributed by atoms with E-state index in [0.29, 0.717) is 13.2 Å². The van der Waals surface area contributed by atoms with Gasteiger partial charge in [-0.1, -0.05) is 12.1 Å². The van der Waals surface area contributed by atoms with Crippen LogP contribution in [-0.4, -0.2) is 11.6 Å². The Kier molecular flexibility index (Phi) is 5.36. The molecule has 0 spiro atoms. The number of benzene rings is 1. The monoisotopic (exact) mass is 341 g/mol. The lowest BCUT2D eigenvalue weighted by atomic mass is 10.3. The summed E-state index contributed by atoms with van der Waals surface area (Å²) in [6.45, 7) is 5.17. The van der Waals surface area contributed by atoms with Gasteiger partial charge in [0.05, 0.1) is 10.2 Å². The molecule has 0 saturated carbocycles. The number of para-hydroxylation sites is 1. The van der Waals surface area contributed by atoms with Crippen LogP contribution in [0.4, 0.5) is 0 Å². The molecule has 0 saturated heterocycles. The van der Waals surface area contributed by atoms with E-state index in [-0.39, 0.29) is 6.10 Å². The Morgan fingerprint density at radius 1 is 1.37 bits per heavy atom. The molecule has 102 valence electrons. The summed E-state index contributed by atoms with van der Waals surface area (Å²) in [7, 11) is 0. The highest BCUT2D eigenvalue weighted by Crippen LogP contribution is 2.26. The summed E-state index contributed by atoms with van der Waals surface area (Å²) in [5, 5.41) is 3.01. The fraction of sp³-hybridized carbons (Fsp3) is 0.357. The molecule has 0 aliphatic heterocycles. The summed E-state index contributed by atoms with van der Waals surface area (Å²) in [5.41, 5.74) is 0.933. The number of ether oxygens (including phenoxy) is 2. The molecule has 0 aliphatic carbocycles. The zero-order valence-electron chi connectivity index (χ0n) is 10.9. The van der Waals surface area contributed by atoms with E-state index in [4.69, 9.17) is 9.47 Å². The molecular weight excluding hydrogens is 326 g/mol. The van der Waals surface area contributed by atoms with Gasteiger partial charge in [-0.2, -0.15) is 0 Å². The topological polar surface area (TPSA) is 31.4 Å². The molecule has 1 unspecified atom stereocenters. The lowest BCUT2D eigenvalue weighted by Crippen LogP contribution is -2.01. The first-order valence-electron chi connectivity index (χ1n) is 6.14. The van der Waals surface area contributed by atoms with Crippen molar-refractivity contribution in [1.29, 1.82) is 0 Å². The summed E-state index contributed by atoms with van der Waals surface area (Å²) in [6.07, 6.45) is 0.0483. The molecular formula is C14H16BrNO2S. The Hall–Kier alpha value is -0.910. The molecule has 0 fully saturated rings. The van der Waals surface area contributed by atoms with Gasteiger partial charge in [-0.05, 0) is 41.9 Å². The van der Waals surface area contributed by atoms with Crippen molar-refractivity contribution in [2.24, 2.45) is 0 Å². The lowest BCUT2D eigenvalue weighted by molar-refractivity contribution is 0.0760. The van der Waals surface area contributed by atoms with Crippen LogP contribution in [-0.2, 0) is 11.3 Å². The predicted octanol–water partition coefficient (Wildman–Crippen LogP) is 4.58. The Bertz CT molecular complexity index is 530. The van der Waals surface area contributed by atoms with Gasteiger partial charge in [0.15, 0.2) is 0 Å². The highest BCUT2D eigenvalue weighted by molar-refractivity contribution is 9.10. The number of aromatic nitrogens is 1. The van der Waals surface area contributed by atoms with Crippen molar-refractivity contribution in [3.8, 4) is 5.75 Å². The maximum Gasteiger partial charge on any atom is 0.134 e. The molecule has 19 heavy (non-hydrogen) atoms. The third kappa shape index (κ3) is 4.03. The molecule has 2 aromatic rings. The smallest absolute Gasteiger partial charge is 0.134 e. The van der Waals surface area contributed by atoms with Gasteiger partial charge in [-0.15, -0.1) is 11.3 Å². The normalized spacial score (nSPS) is 12.4. The third-order valence-electron chi connectivity index (χ3n) is 2.55. The van der Waals surface area contributed by atoms with Crippen molar-refractivity contribution in [3.05, 3.63) is 44.8 Å². The van der Waals surface area contributed by atoms with E-state index in [2.05, 4.69) is 20.9 Å². The zero-order chi connectivity index (χ0) is 13.7. The van der Waals surface area contributed by atoms with Gasteiger partial charge in [0, 0.05) is 12.0 Å². The van der Waals surface area contributed by atoms with Gasteiger partial charge in [-0.25, -0.2) is 4.98 Å². The SMILES string of the molecule is CCOC(C)c1nc(COc2ccccc2Br)cs1. The third-order valence-corrected chi connectivity index (χ3v) is 4.26. The molecule has 1 aromatic carbocycles. The number of hydrogen-bond acceptors (Lipinski definition) is 4. The highest BCUT2D eigenvalue weighted by atomic mass is 79.9. The van der Waals surface area contributed by atoms with Crippen molar-refractivity contribution in [2.75, 3.05) is 6.61 Å². The van der Waals surface area contributed by atoms with E-state index >= 15 is 0 Å². The van der Waals surface area contributed by atoms with E-state index in [0.717, 1.165) is 20.9 Å². The number of nitrogens with zero attached hydrogens (tertiary/aromatic N) is 1. The Labute approximate surface area is 125 Å². The van der Waals surface area contributed by atoms with Gasteiger partial charge < -0.3 is 9.47 Å². The van der Waals surface area contributed by atoms with Crippen LogP contribution in [0.5, 0.6) is 5.75 Å². The van der Waals surface area contributed by atoms with Crippen LogP contribution in [0.2, 0.25) is 0 Å². The summed E-state index contributed by atoms with van der Waals surface area (Å²) in [6, 6.07) is 7.80. The zero-order valence-corrected chi connectivity index (χ0v) is 13.3. The van der Waals surface area contributed by atoms with Gasteiger partial charge in [-0.3, -0.25) is 0 Å². The Morgan fingerprint density at radius 3 is 2.89 bits per heavy atom. The molecule has 0 N–H and O–H groups in total. The molecule has 3 nitrogen and oxygen atoms in total. The maximum atomic E-state index is 5.73. The van der Waals surface area contributed by atoms with Crippen LogP contribution in [0.25, 0.3) is 0 Å². The van der Waals surface area contributed by atoms with Crippen molar-refractivity contribution in [1.82, 2.24) is 4.98 Å². The van der Waals surface area contributed by atoms with Gasteiger partial charge in [0.1, 0.15) is 23.5 Å². The van der Waals surface area contributed by atoms with Crippen LogP contribution in [0.15, 0.2) is 34.1 Å². The summed E-state index contributed by atoms with van der Waals surface area (Å²) < 4.78 is 12.2. The van der Waals surface area contributed by atoms with Crippen molar-refractivity contribution < 1.29 is 9.47 Å². The van der Waals surface area contributed by atoms with Crippen molar-refractivity contribution in [3.63, 3.8) is 0 Å². The minimum absolute atomic E-state index is 0.0483. The molecule has 1 aromatic heterocycles. The predicted molar refractivity (Wildman–Crippen MR) is 80.6 cm³/mol. The first-order valence-corrected chi connectivity index (χ1v) is 7.81. The van der Waals surface area contributed by atoms with E-state index in [9.17, 15) is 0 Å². The second-order valence-electron chi connectivity index (χ2n) is 3.99. The Morgan fingerprint density at radius 2 is 2.16 bits per heavy atom. The van der Waals surface area contributed by atoms with Crippen molar-refractivity contribution >= 4 is 27.3 Å². The molecule has 0 radical (unpaired) electrons. The fourth-order valence-electron chi connectivity index (χ4n) is 1.61. The molecule has 1 heterocycles. The minimum atomic E-state index is 0.0483. The van der Waals surface area contributed by atoms with Crippen LogP contribution in [0.1, 0.15) is 30.7 Å². The maximum absolute atomic E-state index is 5.73. The van der Waals surface area contributed by atoms with E-state index in [1.165, 1.54) is 0 Å². The van der Waals surface area contributed by atoms with Gasteiger partial charge >= 0.3 is 0 Å². The molecule has 0 aliphatic rings. The molecule has 5 heteroatoms. The summed E-state index contributed by atoms with van der Waals surface area (Å²) >= 11 is 5.07. The minimum Gasteiger partial charge on any atom is -0.486 e. The Balaban J connectivity index is 1.95. The second-order valence-corrected chi connectivity index (χ2v) is 5.74. The molecule has 0 bridgehead atoms. The first-order chi connectivity index (χ1) is 9.20. The first kappa shape index (κ1) is 14.5. The molecule has 0 amide bonds. The van der Waals surface area contributed by atoms with Crippen LogP contribution >= 0.6 is 27.3 Å². The lowest BCUT2D eigenvalue weighted by Gasteiger charge is -2.07. The second kappa shape index (κ2) is 7.03. The van der Waals surface area contributed by atoms with E-state index < -0.39 is 0 Å². The number of hydrogen-bond donors (Lipinski definition) is 0. The van der Waals surface area contributed by atoms with Crippen LogP contribution in [0, 0.1) is 0 Å². The van der Waals surface area contributed by atoms with Gasteiger partial charge in [0.2, 0.25) is 0 Å². The van der Waals surface area contributed by atoms with Crippen molar-refractivity contribution in [2.45, 2.75) is 26.6 Å². The average Bonchev–Trinajstić information content (AvgIpc) is 2.87. The van der Waals surface area contributed by atoms with Crippen LogP contribution < -0.4 is 4.74 Å². The standard InChI is InChI=1S/C14H16BrNO2S/c1-3-17-10(2)14-16-11(9-19-14)8-18-13-7-5-4-6-12(13)15/h4-7,9-10H,3,8H2,1-2H3. The fourth-order valence-corrected chi connectivity index (χ4v) is 2.82. The van der Waals surface area contributed by atoms with E-state index in [1.807, 2.05) is 43.5 Å². The van der Waals surface area contributed by atoms with Gasteiger partial charge in [0.25, 0.3) is 0 Å².